The van der Waals surface area contributed by atoms with Crippen LogP contribution in [0.1, 0.15) is 31.0 Å². The summed E-state index contributed by atoms with van der Waals surface area (Å²) in [7, 11) is 0. The molecule has 2 nitrogen and oxygen atoms in total. The number of alkyl halides is 1. The van der Waals surface area contributed by atoms with E-state index in [4.69, 9.17) is 5.73 Å². The van der Waals surface area contributed by atoms with Crippen LogP contribution >= 0.6 is 0 Å². The van der Waals surface area contributed by atoms with E-state index in [1.807, 2.05) is 0 Å². The molecule has 1 aromatic carbocycles. The third-order valence-electron chi connectivity index (χ3n) is 3.00. The molecule has 1 aromatic rings. The number of halogens is 1. The molecule has 3 N–H and O–H groups in total. The first-order valence-corrected chi connectivity index (χ1v) is 4.84. The van der Waals surface area contributed by atoms with Crippen molar-refractivity contribution in [2.24, 2.45) is 5.73 Å². The van der Waals surface area contributed by atoms with Crippen molar-refractivity contribution in [1.29, 1.82) is 0 Å². The van der Waals surface area contributed by atoms with Gasteiger partial charge < -0.3 is 10.8 Å². The van der Waals surface area contributed by atoms with Gasteiger partial charge >= 0.3 is 0 Å². The summed E-state index contributed by atoms with van der Waals surface area (Å²) in [5.41, 5.74) is 5.42. The summed E-state index contributed by atoms with van der Waals surface area (Å²) in [6, 6.07) is 6.47. The number of benzene rings is 1. The van der Waals surface area contributed by atoms with E-state index in [2.05, 4.69) is 0 Å². The molecule has 0 amide bonds. The van der Waals surface area contributed by atoms with Crippen LogP contribution in [-0.4, -0.2) is 10.6 Å². The molecule has 1 aliphatic rings. The molecule has 0 saturated heterocycles. The Balaban J connectivity index is 2.26. The maximum Gasteiger partial charge on any atom is 0.147 e. The molecular formula is C11H14FNO. The maximum atomic E-state index is 13.9. The van der Waals surface area contributed by atoms with Crippen LogP contribution in [0.3, 0.4) is 0 Å². The van der Waals surface area contributed by atoms with Crippen LogP contribution in [0.2, 0.25) is 0 Å². The van der Waals surface area contributed by atoms with Crippen LogP contribution in [0.15, 0.2) is 24.3 Å². The van der Waals surface area contributed by atoms with E-state index in [0.29, 0.717) is 18.4 Å². The quantitative estimate of drug-likeness (QED) is 0.760. The summed E-state index contributed by atoms with van der Waals surface area (Å²) < 4.78 is 13.9. The zero-order valence-corrected chi connectivity index (χ0v) is 7.91. The van der Waals surface area contributed by atoms with Crippen molar-refractivity contribution in [2.75, 3.05) is 0 Å². The van der Waals surface area contributed by atoms with Gasteiger partial charge in [0.25, 0.3) is 0 Å². The molecule has 1 fully saturated rings. The maximum absolute atomic E-state index is 13.9. The Kier molecular flexibility index (Phi) is 2.19. The smallest absolute Gasteiger partial charge is 0.147 e. The topological polar surface area (TPSA) is 46.2 Å². The molecule has 1 saturated carbocycles. The number of aromatic hydroxyl groups is 1. The van der Waals surface area contributed by atoms with Gasteiger partial charge in [0.05, 0.1) is 5.54 Å². The third kappa shape index (κ3) is 1.38. The monoisotopic (exact) mass is 195 g/mol. The fraction of sp³-hybridized carbons (Fsp3) is 0.455. The van der Waals surface area contributed by atoms with Gasteiger partial charge in [0.2, 0.25) is 0 Å². The number of para-hydroxylation sites is 1. The van der Waals surface area contributed by atoms with Crippen molar-refractivity contribution >= 4 is 0 Å². The second kappa shape index (κ2) is 3.24. The summed E-state index contributed by atoms with van der Waals surface area (Å²) >= 11 is 0. The van der Waals surface area contributed by atoms with Crippen LogP contribution in [0.4, 0.5) is 4.39 Å². The minimum absolute atomic E-state index is 0.00303. The van der Waals surface area contributed by atoms with E-state index < -0.39 is 11.7 Å². The molecule has 0 spiro atoms. The second-order valence-electron chi connectivity index (χ2n) is 4.01. The summed E-state index contributed by atoms with van der Waals surface area (Å²) in [6.45, 7) is 0. The SMILES string of the molecule is NC1(C(F)c2ccccc2O)CCC1. The zero-order chi connectivity index (χ0) is 10.2. The Morgan fingerprint density at radius 3 is 2.50 bits per heavy atom. The van der Waals surface area contributed by atoms with Crippen molar-refractivity contribution in [3.63, 3.8) is 0 Å². The van der Waals surface area contributed by atoms with Gasteiger partial charge in [-0.15, -0.1) is 0 Å². The Morgan fingerprint density at radius 2 is 2.00 bits per heavy atom. The Hall–Kier alpha value is -1.09. The summed E-state index contributed by atoms with van der Waals surface area (Å²) in [4.78, 5) is 0. The molecule has 1 aliphatic carbocycles. The fourth-order valence-corrected chi connectivity index (χ4v) is 1.85. The molecule has 0 bridgehead atoms. The number of hydrogen-bond acceptors (Lipinski definition) is 2. The molecular weight excluding hydrogens is 181 g/mol. The molecule has 0 aromatic heterocycles. The van der Waals surface area contributed by atoms with Crippen LogP contribution in [0.25, 0.3) is 0 Å². The van der Waals surface area contributed by atoms with Crippen LogP contribution in [0.5, 0.6) is 5.75 Å². The minimum Gasteiger partial charge on any atom is -0.508 e. The van der Waals surface area contributed by atoms with Gasteiger partial charge in [-0.2, -0.15) is 0 Å². The van der Waals surface area contributed by atoms with Gasteiger partial charge in [-0.3, -0.25) is 0 Å². The predicted molar refractivity (Wildman–Crippen MR) is 52.7 cm³/mol. The van der Waals surface area contributed by atoms with Gasteiger partial charge in [-0.25, -0.2) is 4.39 Å². The van der Waals surface area contributed by atoms with Gasteiger partial charge in [0.15, 0.2) is 0 Å². The number of phenolic OH excluding ortho intramolecular Hbond substituents is 1. The first kappa shape index (κ1) is 9.46. The summed E-state index contributed by atoms with van der Waals surface area (Å²) in [5, 5.41) is 9.47. The molecule has 0 heterocycles. The van der Waals surface area contributed by atoms with Crippen molar-refractivity contribution in [2.45, 2.75) is 31.0 Å². The highest BCUT2D eigenvalue weighted by molar-refractivity contribution is 5.36. The highest BCUT2D eigenvalue weighted by atomic mass is 19.1. The van der Waals surface area contributed by atoms with Gasteiger partial charge in [-0.05, 0) is 25.3 Å². The minimum atomic E-state index is -1.25. The lowest BCUT2D eigenvalue weighted by atomic mass is 9.72. The molecule has 76 valence electrons. The molecule has 2 rings (SSSR count). The van der Waals surface area contributed by atoms with Gasteiger partial charge in [-0.1, -0.05) is 18.2 Å². The lowest BCUT2D eigenvalue weighted by molar-refractivity contribution is 0.106. The van der Waals surface area contributed by atoms with E-state index in [9.17, 15) is 9.50 Å². The number of phenols is 1. The number of nitrogens with two attached hydrogens (primary N) is 1. The Morgan fingerprint density at radius 1 is 1.36 bits per heavy atom. The van der Waals surface area contributed by atoms with Crippen molar-refractivity contribution in [1.82, 2.24) is 0 Å². The van der Waals surface area contributed by atoms with Gasteiger partial charge in [0, 0.05) is 5.56 Å². The average Bonchev–Trinajstić information content (AvgIpc) is 2.14. The predicted octanol–water partition coefficient (Wildman–Crippen LogP) is 2.28. The first-order chi connectivity index (χ1) is 6.63. The van der Waals surface area contributed by atoms with E-state index in [0.717, 1.165) is 6.42 Å². The standard InChI is InChI=1S/C11H14FNO/c12-10(11(13)6-3-7-11)8-4-1-2-5-9(8)14/h1-2,4-5,10,14H,3,6-7,13H2. The normalized spacial score (nSPS) is 21.3. The van der Waals surface area contributed by atoms with E-state index in [-0.39, 0.29) is 5.75 Å². The molecule has 0 aliphatic heterocycles. The van der Waals surface area contributed by atoms with Crippen LogP contribution < -0.4 is 5.73 Å². The lowest BCUT2D eigenvalue weighted by Gasteiger charge is -2.40. The van der Waals surface area contributed by atoms with Crippen LogP contribution in [0, 0.1) is 0 Å². The van der Waals surface area contributed by atoms with E-state index in [1.165, 1.54) is 6.07 Å². The highest BCUT2D eigenvalue weighted by Crippen LogP contribution is 2.44. The van der Waals surface area contributed by atoms with E-state index >= 15 is 0 Å². The van der Waals surface area contributed by atoms with Gasteiger partial charge in [0.1, 0.15) is 11.9 Å². The molecule has 0 radical (unpaired) electrons. The average molecular weight is 195 g/mol. The van der Waals surface area contributed by atoms with Crippen LogP contribution in [-0.2, 0) is 0 Å². The molecule has 1 unspecified atom stereocenters. The first-order valence-electron chi connectivity index (χ1n) is 4.84. The third-order valence-corrected chi connectivity index (χ3v) is 3.00. The number of hydrogen-bond donors (Lipinski definition) is 2. The zero-order valence-electron chi connectivity index (χ0n) is 7.91. The van der Waals surface area contributed by atoms with Crippen molar-refractivity contribution in [3.05, 3.63) is 29.8 Å². The Bertz CT molecular complexity index is 336. The summed E-state index contributed by atoms with van der Waals surface area (Å²) in [5.74, 6) is -0.00303. The number of rotatable bonds is 2. The fourth-order valence-electron chi connectivity index (χ4n) is 1.85. The van der Waals surface area contributed by atoms with Crippen molar-refractivity contribution in [3.8, 4) is 5.75 Å². The highest BCUT2D eigenvalue weighted by Gasteiger charge is 2.42. The Labute approximate surface area is 82.5 Å². The van der Waals surface area contributed by atoms with E-state index in [1.54, 1.807) is 18.2 Å². The molecule has 3 heteroatoms. The lowest BCUT2D eigenvalue weighted by Crippen LogP contribution is -2.50. The molecule has 14 heavy (non-hydrogen) atoms. The largest absolute Gasteiger partial charge is 0.508 e. The summed E-state index contributed by atoms with van der Waals surface area (Å²) in [6.07, 6.45) is 1.12. The van der Waals surface area contributed by atoms with Crippen molar-refractivity contribution < 1.29 is 9.50 Å². The molecule has 1 atom stereocenters. The second-order valence-corrected chi connectivity index (χ2v) is 4.01.